The standard InChI is InChI=1S/C21H10Cl2F4N8O/c22-13-6-10(7-29-19(13)35-30-4-5-31-35)33-20(36)12-8-32-34(17(12)21(25,26)27)15-9-28-18(23)16-11(15)2-1-3-14(16)24/h1-9H,(H,33,36). The van der Waals surface area contributed by atoms with E-state index < -0.39 is 29.2 Å². The van der Waals surface area contributed by atoms with Gasteiger partial charge in [-0.25, -0.2) is 19.0 Å². The van der Waals surface area contributed by atoms with Crippen molar-refractivity contribution < 1.29 is 22.4 Å². The Hall–Kier alpha value is -4.10. The topological polar surface area (TPSA) is 103 Å². The molecule has 0 fully saturated rings. The molecular formula is C21H10Cl2F4N8O. The zero-order valence-electron chi connectivity index (χ0n) is 17.5. The molecule has 0 atom stereocenters. The molecule has 0 spiro atoms. The second-order valence-electron chi connectivity index (χ2n) is 7.22. The Kier molecular flexibility index (Phi) is 5.80. The maximum Gasteiger partial charge on any atom is 0.434 e. The third-order valence-electron chi connectivity index (χ3n) is 4.99. The molecule has 9 nitrogen and oxygen atoms in total. The first-order valence-corrected chi connectivity index (χ1v) is 10.6. The molecule has 0 aliphatic rings. The predicted molar refractivity (Wildman–Crippen MR) is 121 cm³/mol. The number of anilines is 1. The quantitative estimate of drug-likeness (QED) is 0.253. The fraction of sp³-hybridized carbons (Fsp3) is 0.0476. The van der Waals surface area contributed by atoms with Crippen molar-refractivity contribution in [1.82, 2.24) is 34.7 Å². The molecule has 1 N–H and O–H groups in total. The van der Waals surface area contributed by atoms with Crippen LogP contribution in [-0.2, 0) is 6.18 Å². The van der Waals surface area contributed by atoms with Crippen LogP contribution in [0.15, 0.2) is 55.2 Å². The van der Waals surface area contributed by atoms with Gasteiger partial charge in [0.05, 0.1) is 58.3 Å². The first-order chi connectivity index (χ1) is 17.1. The SMILES string of the molecule is O=C(Nc1cnc(-n2nccn2)c(Cl)c1)c1cnn(-c2cnc(Cl)c3c(F)cccc23)c1C(F)(F)F. The second-order valence-corrected chi connectivity index (χ2v) is 7.98. The van der Waals surface area contributed by atoms with Crippen molar-refractivity contribution in [1.29, 1.82) is 0 Å². The van der Waals surface area contributed by atoms with E-state index in [2.05, 4.69) is 30.6 Å². The van der Waals surface area contributed by atoms with Crippen LogP contribution in [0.25, 0.3) is 22.3 Å². The average molecular weight is 537 g/mol. The Morgan fingerprint density at radius 3 is 2.44 bits per heavy atom. The van der Waals surface area contributed by atoms with Gasteiger partial charge in [-0.2, -0.15) is 28.5 Å². The minimum absolute atomic E-state index is 0.0162. The van der Waals surface area contributed by atoms with Crippen LogP contribution < -0.4 is 5.32 Å². The van der Waals surface area contributed by atoms with Gasteiger partial charge < -0.3 is 5.32 Å². The number of carbonyl (C=O) groups excluding carboxylic acids is 1. The highest BCUT2D eigenvalue weighted by molar-refractivity contribution is 6.34. The van der Waals surface area contributed by atoms with Crippen LogP contribution >= 0.6 is 23.2 Å². The summed E-state index contributed by atoms with van der Waals surface area (Å²) in [6.07, 6.45) is 0.720. The maximum absolute atomic E-state index is 14.3. The van der Waals surface area contributed by atoms with Crippen LogP contribution in [0.5, 0.6) is 0 Å². The first kappa shape index (κ1) is 23.6. The Labute approximate surface area is 208 Å². The van der Waals surface area contributed by atoms with Gasteiger partial charge in [0.25, 0.3) is 5.91 Å². The number of nitrogens with zero attached hydrogens (tertiary/aromatic N) is 7. The van der Waals surface area contributed by atoms with Crippen LogP contribution in [0.3, 0.4) is 0 Å². The van der Waals surface area contributed by atoms with E-state index >= 15 is 0 Å². The van der Waals surface area contributed by atoms with E-state index in [1.165, 1.54) is 36.8 Å². The van der Waals surface area contributed by atoms with Crippen molar-refractivity contribution in [2.45, 2.75) is 6.18 Å². The van der Waals surface area contributed by atoms with Crippen LogP contribution in [0, 0.1) is 5.82 Å². The number of hydrogen-bond donors (Lipinski definition) is 1. The van der Waals surface area contributed by atoms with E-state index in [-0.39, 0.29) is 38.1 Å². The molecule has 0 bridgehead atoms. The summed E-state index contributed by atoms with van der Waals surface area (Å²) in [6, 6.07) is 5.05. The van der Waals surface area contributed by atoms with E-state index in [0.717, 1.165) is 23.3 Å². The van der Waals surface area contributed by atoms with Crippen molar-refractivity contribution in [3.63, 3.8) is 0 Å². The minimum Gasteiger partial charge on any atom is -0.320 e. The molecule has 0 radical (unpaired) electrons. The number of halogens is 6. The van der Waals surface area contributed by atoms with Crippen molar-refractivity contribution in [3.8, 4) is 11.5 Å². The third-order valence-corrected chi connectivity index (χ3v) is 5.56. The first-order valence-electron chi connectivity index (χ1n) is 9.87. The lowest BCUT2D eigenvalue weighted by Gasteiger charge is -2.15. The summed E-state index contributed by atoms with van der Waals surface area (Å²) in [5.41, 5.74) is -2.40. The molecule has 0 aliphatic carbocycles. The van der Waals surface area contributed by atoms with Crippen molar-refractivity contribution in [2.24, 2.45) is 0 Å². The van der Waals surface area contributed by atoms with E-state index in [1.807, 2.05) is 0 Å². The predicted octanol–water partition coefficient (Wildman–Crippen LogP) is 5.11. The summed E-state index contributed by atoms with van der Waals surface area (Å²) in [6.45, 7) is 0. The zero-order valence-corrected chi connectivity index (χ0v) is 19.0. The van der Waals surface area contributed by atoms with Gasteiger partial charge in [-0.05, 0) is 12.1 Å². The average Bonchev–Trinajstić information content (AvgIpc) is 3.50. The molecule has 0 aliphatic heterocycles. The van der Waals surface area contributed by atoms with E-state index in [9.17, 15) is 22.4 Å². The summed E-state index contributed by atoms with van der Waals surface area (Å²) in [7, 11) is 0. The summed E-state index contributed by atoms with van der Waals surface area (Å²) in [5, 5.41) is 13.5. The number of pyridine rings is 2. The molecular weight excluding hydrogens is 527 g/mol. The van der Waals surface area contributed by atoms with E-state index in [0.29, 0.717) is 4.68 Å². The highest BCUT2D eigenvalue weighted by Gasteiger charge is 2.41. The van der Waals surface area contributed by atoms with Gasteiger partial charge in [-0.1, -0.05) is 35.3 Å². The molecule has 36 heavy (non-hydrogen) atoms. The van der Waals surface area contributed by atoms with Crippen molar-refractivity contribution in [3.05, 3.63) is 82.5 Å². The maximum atomic E-state index is 14.3. The summed E-state index contributed by atoms with van der Waals surface area (Å²) in [5.74, 6) is -1.75. The number of carbonyl (C=O) groups is 1. The van der Waals surface area contributed by atoms with Crippen LogP contribution in [0.2, 0.25) is 10.2 Å². The van der Waals surface area contributed by atoms with Crippen molar-refractivity contribution in [2.75, 3.05) is 5.32 Å². The van der Waals surface area contributed by atoms with Gasteiger partial charge in [0.2, 0.25) is 0 Å². The fourth-order valence-corrected chi connectivity index (χ4v) is 3.99. The van der Waals surface area contributed by atoms with Gasteiger partial charge in [-0.3, -0.25) is 4.79 Å². The fourth-order valence-electron chi connectivity index (χ4n) is 3.51. The molecule has 1 amide bonds. The lowest BCUT2D eigenvalue weighted by Crippen LogP contribution is -2.21. The highest BCUT2D eigenvalue weighted by atomic mass is 35.5. The summed E-state index contributed by atoms with van der Waals surface area (Å²) < 4.78 is 57.3. The molecule has 182 valence electrons. The number of nitrogens with one attached hydrogen (secondary N) is 1. The molecule has 0 saturated heterocycles. The monoisotopic (exact) mass is 536 g/mol. The lowest BCUT2D eigenvalue weighted by atomic mass is 10.1. The van der Waals surface area contributed by atoms with Gasteiger partial charge in [0, 0.05) is 5.39 Å². The van der Waals surface area contributed by atoms with Gasteiger partial charge in [0.1, 0.15) is 11.0 Å². The van der Waals surface area contributed by atoms with Crippen molar-refractivity contribution >= 4 is 45.6 Å². The normalized spacial score (nSPS) is 11.7. The molecule has 1 aromatic carbocycles. The number of hydrogen-bond acceptors (Lipinski definition) is 6. The zero-order chi connectivity index (χ0) is 25.6. The second kappa shape index (κ2) is 8.84. The Morgan fingerprint density at radius 2 is 1.75 bits per heavy atom. The van der Waals surface area contributed by atoms with Gasteiger partial charge in [-0.15, -0.1) is 4.80 Å². The van der Waals surface area contributed by atoms with Crippen LogP contribution in [-0.4, -0.2) is 40.6 Å². The molecule has 15 heteroatoms. The Bertz CT molecular complexity index is 1610. The van der Waals surface area contributed by atoms with Crippen LogP contribution in [0.4, 0.5) is 23.2 Å². The number of alkyl halides is 3. The number of benzene rings is 1. The molecule has 4 aromatic heterocycles. The van der Waals surface area contributed by atoms with Gasteiger partial charge >= 0.3 is 6.18 Å². The summed E-state index contributed by atoms with van der Waals surface area (Å²) in [4.78, 5) is 21.8. The summed E-state index contributed by atoms with van der Waals surface area (Å²) >= 11 is 12.1. The number of rotatable bonds is 4. The van der Waals surface area contributed by atoms with Gasteiger partial charge in [0.15, 0.2) is 11.5 Å². The van der Waals surface area contributed by atoms with E-state index in [4.69, 9.17) is 23.2 Å². The minimum atomic E-state index is -5.02. The van der Waals surface area contributed by atoms with Crippen LogP contribution in [0.1, 0.15) is 16.1 Å². The smallest absolute Gasteiger partial charge is 0.320 e. The molecule has 0 saturated carbocycles. The largest absolute Gasteiger partial charge is 0.434 e. The molecule has 5 aromatic rings. The Morgan fingerprint density at radius 1 is 1.00 bits per heavy atom. The number of amides is 1. The number of aromatic nitrogens is 7. The van der Waals surface area contributed by atoms with E-state index in [1.54, 1.807) is 0 Å². The molecule has 5 rings (SSSR count). The Balaban J connectivity index is 1.56. The third kappa shape index (κ3) is 4.12. The number of fused-ring (bicyclic) bond motifs is 1. The molecule has 0 unspecified atom stereocenters. The highest BCUT2D eigenvalue weighted by Crippen LogP contribution is 2.37. The molecule has 4 heterocycles. The lowest BCUT2D eigenvalue weighted by molar-refractivity contribution is -0.143.